The van der Waals surface area contributed by atoms with E-state index in [2.05, 4.69) is 15.6 Å². The molecule has 0 bridgehead atoms. The van der Waals surface area contributed by atoms with Crippen LogP contribution in [0.3, 0.4) is 0 Å². The van der Waals surface area contributed by atoms with Crippen molar-refractivity contribution in [2.45, 2.75) is 20.3 Å². The topological polar surface area (TPSA) is 97.2 Å². The van der Waals surface area contributed by atoms with Crippen molar-refractivity contribution >= 4 is 23.1 Å². The number of nitrogens with zero attached hydrogens (tertiary/aromatic N) is 2. The molecule has 0 unspecified atom stereocenters. The molecule has 0 fully saturated rings. The highest BCUT2D eigenvalue weighted by molar-refractivity contribution is 5.90. The molecule has 0 spiro atoms. The van der Waals surface area contributed by atoms with Crippen LogP contribution in [0.2, 0.25) is 0 Å². The highest BCUT2D eigenvalue weighted by atomic mass is 16.6. The first-order valence-corrected chi connectivity index (χ1v) is 7.18. The van der Waals surface area contributed by atoms with Gasteiger partial charge in [0.25, 0.3) is 5.69 Å². The largest absolute Gasteiger partial charge is 0.379 e. The number of amides is 1. The first-order valence-electron chi connectivity index (χ1n) is 7.18. The number of carbonyl (C=O) groups is 1. The molecule has 1 amide bonds. The minimum atomic E-state index is -0.438. The van der Waals surface area contributed by atoms with E-state index in [0.29, 0.717) is 18.1 Å². The van der Waals surface area contributed by atoms with Gasteiger partial charge in [0.05, 0.1) is 4.92 Å². The molecule has 0 saturated heterocycles. The van der Waals surface area contributed by atoms with Crippen LogP contribution in [-0.4, -0.2) is 22.4 Å². The van der Waals surface area contributed by atoms with Crippen LogP contribution in [0.25, 0.3) is 0 Å². The lowest BCUT2D eigenvalue weighted by Gasteiger charge is -2.08. The fourth-order valence-corrected chi connectivity index (χ4v) is 2.07. The molecule has 1 aromatic carbocycles. The second-order valence-corrected chi connectivity index (χ2v) is 5.17. The zero-order chi connectivity index (χ0) is 16.8. The Kier molecular flexibility index (Phi) is 5.24. The molecule has 0 aliphatic carbocycles. The Morgan fingerprint density at radius 2 is 2.04 bits per heavy atom. The molecule has 0 atom stereocenters. The van der Waals surface area contributed by atoms with Crippen LogP contribution in [0, 0.1) is 24.0 Å². The third kappa shape index (κ3) is 4.77. The van der Waals surface area contributed by atoms with E-state index in [9.17, 15) is 14.9 Å². The van der Waals surface area contributed by atoms with Gasteiger partial charge in [0, 0.05) is 24.7 Å². The van der Waals surface area contributed by atoms with Crippen LogP contribution in [0.1, 0.15) is 17.7 Å². The van der Waals surface area contributed by atoms with Gasteiger partial charge in [-0.15, -0.1) is 0 Å². The highest BCUT2D eigenvalue weighted by Gasteiger charge is 2.13. The van der Waals surface area contributed by atoms with E-state index in [1.807, 2.05) is 19.1 Å². The standard InChI is InChI=1S/C16H18N4O3/c1-11-6-7-13(14(10-11)20(22)23)17-9-8-16(21)19-15-5-3-4-12(2)18-15/h3-7,10,17H,8-9H2,1-2H3,(H,18,19,21). The predicted molar refractivity (Wildman–Crippen MR) is 88.5 cm³/mol. The van der Waals surface area contributed by atoms with E-state index in [1.54, 1.807) is 25.1 Å². The lowest BCUT2D eigenvalue weighted by Crippen LogP contribution is -2.17. The van der Waals surface area contributed by atoms with Crippen molar-refractivity contribution in [3.05, 3.63) is 57.8 Å². The molecule has 0 aliphatic heterocycles. The number of rotatable bonds is 6. The number of hydrogen-bond acceptors (Lipinski definition) is 5. The Labute approximate surface area is 133 Å². The van der Waals surface area contributed by atoms with Crippen LogP contribution in [0.4, 0.5) is 17.2 Å². The number of benzene rings is 1. The van der Waals surface area contributed by atoms with E-state index in [-0.39, 0.29) is 18.0 Å². The summed E-state index contributed by atoms with van der Waals surface area (Å²) < 4.78 is 0. The van der Waals surface area contributed by atoms with Gasteiger partial charge in [-0.05, 0) is 37.6 Å². The Hall–Kier alpha value is -2.96. The summed E-state index contributed by atoms with van der Waals surface area (Å²) in [4.78, 5) is 26.6. The number of nitro groups is 1. The fraction of sp³-hybridized carbons (Fsp3) is 0.250. The number of carbonyl (C=O) groups excluding carboxylic acids is 1. The van der Waals surface area contributed by atoms with Crippen LogP contribution < -0.4 is 10.6 Å². The molecule has 0 aliphatic rings. The minimum absolute atomic E-state index is 0.00533. The number of pyridine rings is 1. The molecule has 23 heavy (non-hydrogen) atoms. The van der Waals surface area contributed by atoms with Crippen LogP contribution in [0.5, 0.6) is 0 Å². The lowest BCUT2D eigenvalue weighted by atomic mass is 10.2. The molecule has 1 aromatic heterocycles. The van der Waals surface area contributed by atoms with Gasteiger partial charge in [-0.1, -0.05) is 12.1 Å². The van der Waals surface area contributed by atoms with Crippen molar-refractivity contribution < 1.29 is 9.72 Å². The van der Waals surface area contributed by atoms with Crippen molar-refractivity contribution in [2.24, 2.45) is 0 Å². The van der Waals surface area contributed by atoms with E-state index >= 15 is 0 Å². The van der Waals surface area contributed by atoms with Crippen molar-refractivity contribution in [1.29, 1.82) is 0 Å². The summed E-state index contributed by atoms with van der Waals surface area (Å²) in [6, 6.07) is 10.3. The van der Waals surface area contributed by atoms with Gasteiger partial charge in [0.2, 0.25) is 5.91 Å². The van der Waals surface area contributed by atoms with Crippen molar-refractivity contribution in [3.63, 3.8) is 0 Å². The van der Waals surface area contributed by atoms with Crippen LogP contribution in [0.15, 0.2) is 36.4 Å². The molecule has 2 aromatic rings. The third-order valence-corrected chi connectivity index (χ3v) is 3.17. The zero-order valence-corrected chi connectivity index (χ0v) is 13.0. The molecule has 120 valence electrons. The van der Waals surface area contributed by atoms with Gasteiger partial charge >= 0.3 is 0 Å². The van der Waals surface area contributed by atoms with Crippen LogP contribution >= 0.6 is 0 Å². The maximum absolute atomic E-state index is 11.9. The van der Waals surface area contributed by atoms with E-state index in [0.717, 1.165) is 11.3 Å². The summed E-state index contributed by atoms with van der Waals surface area (Å²) in [6.45, 7) is 3.92. The molecule has 0 radical (unpaired) electrons. The van der Waals surface area contributed by atoms with Crippen molar-refractivity contribution in [3.8, 4) is 0 Å². The van der Waals surface area contributed by atoms with Gasteiger partial charge < -0.3 is 10.6 Å². The second-order valence-electron chi connectivity index (χ2n) is 5.17. The Balaban J connectivity index is 1.90. The molecular formula is C16H18N4O3. The van der Waals surface area contributed by atoms with E-state index < -0.39 is 4.92 Å². The molecular weight excluding hydrogens is 296 g/mol. The van der Waals surface area contributed by atoms with Crippen molar-refractivity contribution in [1.82, 2.24) is 4.98 Å². The summed E-state index contributed by atoms with van der Waals surface area (Å²) in [5, 5.41) is 16.6. The Morgan fingerprint density at radius 3 is 2.74 bits per heavy atom. The lowest BCUT2D eigenvalue weighted by molar-refractivity contribution is -0.384. The smallest absolute Gasteiger partial charge is 0.292 e. The molecule has 0 saturated carbocycles. The van der Waals surface area contributed by atoms with Gasteiger partial charge in [0.15, 0.2) is 0 Å². The average molecular weight is 314 g/mol. The normalized spacial score (nSPS) is 10.2. The summed E-state index contributed by atoms with van der Waals surface area (Å²) >= 11 is 0. The number of anilines is 2. The second kappa shape index (κ2) is 7.35. The number of hydrogen-bond donors (Lipinski definition) is 2. The Bertz CT molecular complexity index is 731. The minimum Gasteiger partial charge on any atom is -0.379 e. The first-order chi connectivity index (χ1) is 11.0. The van der Waals surface area contributed by atoms with Crippen LogP contribution in [-0.2, 0) is 4.79 Å². The van der Waals surface area contributed by atoms with Gasteiger partial charge in [-0.3, -0.25) is 14.9 Å². The summed E-state index contributed by atoms with van der Waals surface area (Å²) in [6.07, 6.45) is 0.181. The molecule has 7 nitrogen and oxygen atoms in total. The first kappa shape index (κ1) is 16.4. The average Bonchev–Trinajstić information content (AvgIpc) is 2.48. The SMILES string of the molecule is Cc1ccc(NCCC(=O)Nc2cccc(C)n2)c([N+](=O)[O-])c1. The summed E-state index contributed by atoms with van der Waals surface area (Å²) in [5.41, 5.74) is 2.04. The number of nitrogens with one attached hydrogen (secondary N) is 2. The van der Waals surface area contributed by atoms with Gasteiger partial charge in [0.1, 0.15) is 11.5 Å². The summed E-state index contributed by atoms with van der Waals surface area (Å²) in [7, 11) is 0. The van der Waals surface area contributed by atoms with Gasteiger partial charge in [-0.25, -0.2) is 4.98 Å². The molecule has 1 heterocycles. The fourth-order valence-electron chi connectivity index (χ4n) is 2.07. The maximum Gasteiger partial charge on any atom is 0.292 e. The van der Waals surface area contributed by atoms with Gasteiger partial charge in [-0.2, -0.15) is 0 Å². The third-order valence-electron chi connectivity index (χ3n) is 3.17. The molecule has 7 heteroatoms. The maximum atomic E-state index is 11.9. The monoisotopic (exact) mass is 314 g/mol. The predicted octanol–water partition coefficient (Wildman–Crippen LogP) is 3.05. The van der Waals surface area contributed by atoms with E-state index in [4.69, 9.17) is 0 Å². The summed E-state index contributed by atoms with van der Waals surface area (Å²) in [5.74, 6) is 0.293. The number of nitro benzene ring substituents is 1. The van der Waals surface area contributed by atoms with E-state index in [1.165, 1.54) is 6.07 Å². The van der Waals surface area contributed by atoms with Crippen molar-refractivity contribution in [2.75, 3.05) is 17.2 Å². The number of aryl methyl sites for hydroxylation is 2. The highest BCUT2D eigenvalue weighted by Crippen LogP contribution is 2.25. The molecule has 2 N–H and O–H groups in total. The molecule has 2 rings (SSSR count). The quantitative estimate of drug-likeness (QED) is 0.631. The Morgan fingerprint density at radius 1 is 1.26 bits per heavy atom. The number of aromatic nitrogens is 1. The zero-order valence-electron chi connectivity index (χ0n) is 13.0.